The van der Waals surface area contributed by atoms with Crippen molar-refractivity contribution in [3.05, 3.63) is 85.1 Å². The van der Waals surface area contributed by atoms with Gasteiger partial charge in [-0.2, -0.15) is 0 Å². The van der Waals surface area contributed by atoms with Crippen molar-refractivity contribution in [2.45, 2.75) is 13.8 Å². The van der Waals surface area contributed by atoms with E-state index in [0.717, 1.165) is 11.1 Å². The lowest BCUT2D eigenvalue weighted by Gasteiger charge is -1.87. The molecule has 0 N–H and O–H groups in total. The van der Waals surface area contributed by atoms with Gasteiger partial charge in [-0.15, -0.1) is 0 Å². The van der Waals surface area contributed by atoms with Crippen LogP contribution in [0.2, 0.25) is 0 Å². The first-order chi connectivity index (χ1) is 7.78. The Balaban J connectivity index is 4.23. The zero-order chi connectivity index (χ0) is 12.2. The van der Waals surface area contributed by atoms with Crippen LogP contribution in [-0.2, 0) is 0 Å². The molecule has 0 spiro atoms. The molecule has 0 saturated carbocycles. The second-order valence-electron chi connectivity index (χ2n) is 3.09. The van der Waals surface area contributed by atoms with E-state index in [4.69, 9.17) is 0 Å². The van der Waals surface area contributed by atoms with Crippen molar-refractivity contribution in [1.29, 1.82) is 0 Å². The first kappa shape index (κ1) is 14.2. The average molecular weight is 212 g/mol. The minimum atomic E-state index is 1.12. The summed E-state index contributed by atoms with van der Waals surface area (Å²) in [5.74, 6) is 0. The third kappa shape index (κ3) is 6.61. The Kier molecular flexibility index (Phi) is 8.62. The van der Waals surface area contributed by atoms with Gasteiger partial charge in [-0.1, -0.05) is 73.9 Å². The predicted molar refractivity (Wildman–Crippen MR) is 75.3 cm³/mol. The van der Waals surface area contributed by atoms with Crippen LogP contribution < -0.4 is 0 Å². The molecule has 0 aliphatic heterocycles. The lowest BCUT2D eigenvalue weighted by atomic mass is 10.2. The van der Waals surface area contributed by atoms with E-state index in [1.165, 1.54) is 0 Å². The molecule has 84 valence electrons. The second-order valence-corrected chi connectivity index (χ2v) is 3.09. The molecule has 0 aromatic carbocycles. The summed E-state index contributed by atoms with van der Waals surface area (Å²) in [6, 6.07) is 0. The minimum Gasteiger partial charge on any atom is -0.0985 e. The van der Waals surface area contributed by atoms with E-state index >= 15 is 0 Å². The molecule has 0 unspecified atom stereocenters. The molecule has 0 aromatic rings. The molecule has 0 heteroatoms. The third-order valence-corrected chi connectivity index (χ3v) is 2.05. The summed E-state index contributed by atoms with van der Waals surface area (Å²) in [7, 11) is 0. The standard InChI is InChI=1S/C16H20/c1-5-15(6-2)13-11-9-10-12-14-16(7-3)8-4/h5-14H,1,3H2,2,4H3. The molecule has 0 atom stereocenters. The highest BCUT2D eigenvalue weighted by atomic mass is 13.8. The fourth-order valence-electron chi connectivity index (χ4n) is 1.03. The Bertz CT molecular complexity index is 321. The van der Waals surface area contributed by atoms with Gasteiger partial charge in [0, 0.05) is 0 Å². The monoisotopic (exact) mass is 212 g/mol. The van der Waals surface area contributed by atoms with E-state index in [2.05, 4.69) is 13.2 Å². The zero-order valence-electron chi connectivity index (χ0n) is 10.2. The molecule has 0 heterocycles. The molecule has 0 rings (SSSR count). The molecular weight excluding hydrogens is 192 g/mol. The summed E-state index contributed by atoms with van der Waals surface area (Å²) in [4.78, 5) is 0. The van der Waals surface area contributed by atoms with Crippen LogP contribution >= 0.6 is 0 Å². The van der Waals surface area contributed by atoms with Gasteiger partial charge < -0.3 is 0 Å². The van der Waals surface area contributed by atoms with Crippen LogP contribution in [0.1, 0.15) is 13.8 Å². The fraction of sp³-hybridized carbons (Fsp3) is 0.125. The third-order valence-electron chi connectivity index (χ3n) is 2.05. The summed E-state index contributed by atoms with van der Waals surface area (Å²) >= 11 is 0. The van der Waals surface area contributed by atoms with Gasteiger partial charge in [0.1, 0.15) is 0 Å². The molecule has 0 aromatic heterocycles. The maximum Gasteiger partial charge on any atom is -0.0305 e. The summed E-state index contributed by atoms with van der Waals surface area (Å²) in [5, 5.41) is 0. The molecule has 16 heavy (non-hydrogen) atoms. The molecule has 0 amide bonds. The molecule has 0 radical (unpaired) electrons. The van der Waals surface area contributed by atoms with Gasteiger partial charge in [0.2, 0.25) is 0 Å². The Hall–Kier alpha value is -1.82. The lowest BCUT2D eigenvalue weighted by molar-refractivity contribution is 1.60. The largest absolute Gasteiger partial charge is 0.0985 e. The number of allylic oxidation sites excluding steroid dienone is 12. The van der Waals surface area contributed by atoms with Crippen LogP contribution in [0.25, 0.3) is 0 Å². The zero-order valence-corrected chi connectivity index (χ0v) is 10.2. The molecule has 0 saturated heterocycles. The van der Waals surface area contributed by atoms with Crippen molar-refractivity contribution in [2.24, 2.45) is 0 Å². The Morgan fingerprint density at radius 2 is 1.06 bits per heavy atom. The summed E-state index contributed by atoms with van der Waals surface area (Å²) in [6.07, 6.45) is 19.7. The number of hydrogen-bond donors (Lipinski definition) is 0. The summed E-state index contributed by atoms with van der Waals surface area (Å²) in [6.45, 7) is 11.4. The Morgan fingerprint density at radius 3 is 1.31 bits per heavy atom. The van der Waals surface area contributed by atoms with Crippen LogP contribution in [0.5, 0.6) is 0 Å². The van der Waals surface area contributed by atoms with Crippen molar-refractivity contribution in [3.63, 3.8) is 0 Å². The highest BCUT2D eigenvalue weighted by Gasteiger charge is 1.78. The van der Waals surface area contributed by atoms with Crippen molar-refractivity contribution >= 4 is 0 Å². The van der Waals surface area contributed by atoms with E-state index < -0.39 is 0 Å². The number of hydrogen-bond acceptors (Lipinski definition) is 0. The summed E-state index contributed by atoms with van der Waals surface area (Å²) < 4.78 is 0. The van der Waals surface area contributed by atoms with Crippen LogP contribution in [-0.4, -0.2) is 0 Å². The topological polar surface area (TPSA) is 0 Å². The number of rotatable bonds is 6. The van der Waals surface area contributed by atoms with E-state index in [9.17, 15) is 0 Å². The van der Waals surface area contributed by atoms with Crippen molar-refractivity contribution in [3.8, 4) is 0 Å². The van der Waals surface area contributed by atoms with Crippen molar-refractivity contribution in [2.75, 3.05) is 0 Å². The highest BCUT2D eigenvalue weighted by molar-refractivity contribution is 5.33. The Labute approximate surface area is 99.4 Å². The van der Waals surface area contributed by atoms with Gasteiger partial charge in [0.15, 0.2) is 0 Å². The maximum absolute atomic E-state index is 3.72. The van der Waals surface area contributed by atoms with Gasteiger partial charge in [0.25, 0.3) is 0 Å². The van der Waals surface area contributed by atoms with Gasteiger partial charge >= 0.3 is 0 Å². The molecule has 0 nitrogen and oxygen atoms in total. The van der Waals surface area contributed by atoms with Crippen LogP contribution in [0.3, 0.4) is 0 Å². The first-order valence-electron chi connectivity index (χ1n) is 5.37. The van der Waals surface area contributed by atoms with Gasteiger partial charge in [0.05, 0.1) is 0 Å². The van der Waals surface area contributed by atoms with E-state index in [1.807, 2.05) is 74.6 Å². The molecular formula is C16H20. The predicted octanol–water partition coefficient (Wildman–Crippen LogP) is 4.92. The molecule has 0 bridgehead atoms. The van der Waals surface area contributed by atoms with E-state index in [0.29, 0.717) is 0 Å². The fourth-order valence-corrected chi connectivity index (χ4v) is 1.03. The van der Waals surface area contributed by atoms with Crippen molar-refractivity contribution < 1.29 is 0 Å². The molecule has 0 fully saturated rings. The normalized spacial score (nSPS) is 14.1. The lowest BCUT2D eigenvalue weighted by Crippen LogP contribution is -1.67. The van der Waals surface area contributed by atoms with E-state index in [1.54, 1.807) is 0 Å². The van der Waals surface area contributed by atoms with Gasteiger partial charge in [-0.05, 0) is 25.0 Å². The van der Waals surface area contributed by atoms with Crippen LogP contribution in [0.4, 0.5) is 0 Å². The first-order valence-corrected chi connectivity index (χ1v) is 5.37. The SMILES string of the molecule is C=CC(C=CC=CC=CC(C=C)=CC)=CC. The molecule has 0 aliphatic rings. The van der Waals surface area contributed by atoms with Crippen LogP contribution in [0.15, 0.2) is 85.1 Å². The molecule has 0 aliphatic carbocycles. The average Bonchev–Trinajstić information content (AvgIpc) is 2.33. The van der Waals surface area contributed by atoms with Crippen molar-refractivity contribution in [1.82, 2.24) is 0 Å². The smallest absolute Gasteiger partial charge is 0.0305 e. The van der Waals surface area contributed by atoms with Gasteiger partial charge in [-0.3, -0.25) is 0 Å². The second kappa shape index (κ2) is 9.72. The Morgan fingerprint density at radius 1 is 0.688 bits per heavy atom. The maximum atomic E-state index is 3.72. The van der Waals surface area contributed by atoms with Crippen LogP contribution in [0, 0.1) is 0 Å². The highest BCUT2D eigenvalue weighted by Crippen LogP contribution is 1.99. The summed E-state index contributed by atoms with van der Waals surface area (Å²) in [5.41, 5.74) is 2.24. The van der Waals surface area contributed by atoms with E-state index in [-0.39, 0.29) is 0 Å². The minimum absolute atomic E-state index is 1.12. The van der Waals surface area contributed by atoms with Gasteiger partial charge in [-0.25, -0.2) is 0 Å². The quantitative estimate of drug-likeness (QED) is 0.548.